The van der Waals surface area contributed by atoms with Crippen LogP contribution in [0.15, 0.2) is 47.9 Å². The number of benzene rings is 1. The molecule has 0 N–H and O–H groups in total. The standard InChI is InChI=1S/C23H21FN4O2/c1-27-20-7-5-14(9-15(20)6-8-22(27)29)17-10-25-11-18-16(17)3-2-4-21(18)28-13-26-12-19(24)23(28)30/h5,7,9-13,21H,2-4,6,8H2,1H3/t21-/m1/s1. The Kier molecular flexibility index (Phi) is 4.46. The van der Waals surface area contributed by atoms with Crippen molar-refractivity contribution >= 4 is 11.6 Å². The molecule has 152 valence electrons. The number of nitrogens with zero attached hydrogens (tertiary/aromatic N) is 4. The van der Waals surface area contributed by atoms with Crippen molar-refractivity contribution in [2.75, 3.05) is 11.9 Å². The van der Waals surface area contributed by atoms with E-state index in [9.17, 15) is 14.0 Å². The first-order valence-electron chi connectivity index (χ1n) is 10.1. The van der Waals surface area contributed by atoms with Gasteiger partial charge < -0.3 is 4.90 Å². The summed E-state index contributed by atoms with van der Waals surface area (Å²) in [4.78, 5) is 34.4. The second kappa shape index (κ2) is 7.16. The van der Waals surface area contributed by atoms with Crippen molar-refractivity contribution in [3.05, 3.63) is 76.0 Å². The molecule has 2 aromatic heterocycles. The lowest BCUT2D eigenvalue weighted by atomic mass is 9.84. The van der Waals surface area contributed by atoms with Gasteiger partial charge >= 0.3 is 0 Å². The fourth-order valence-corrected chi connectivity index (χ4v) is 4.68. The molecule has 1 atom stereocenters. The first kappa shape index (κ1) is 18.7. The van der Waals surface area contributed by atoms with E-state index in [1.165, 1.54) is 10.9 Å². The molecule has 0 radical (unpaired) electrons. The van der Waals surface area contributed by atoms with E-state index in [4.69, 9.17) is 0 Å². The minimum absolute atomic E-state index is 0.131. The third-order valence-corrected chi connectivity index (χ3v) is 6.24. The highest BCUT2D eigenvalue weighted by atomic mass is 19.1. The fraction of sp³-hybridized carbons (Fsp3) is 0.304. The third-order valence-electron chi connectivity index (χ3n) is 6.24. The number of aryl methyl sites for hydroxylation is 1. The summed E-state index contributed by atoms with van der Waals surface area (Å²) in [6, 6.07) is 5.86. The van der Waals surface area contributed by atoms with Crippen LogP contribution in [0.5, 0.6) is 0 Å². The predicted molar refractivity (Wildman–Crippen MR) is 111 cm³/mol. The average molecular weight is 404 g/mol. The van der Waals surface area contributed by atoms with Crippen molar-refractivity contribution in [2.45, 2.75) is 38.1 Å². The van der Waals surface area contributed by atoms with Crippen LogP contribution in [0.25, 0.3) is 11.1 Å². The molecule has 0 bridgehead atoms. The quantitative estimate of drug-likeness (QED) is 0.657. The van der Waals surface area contributed by atoms with Crippen LogP contribution in [-0.2, 0) is 17.6 Å². The normalized spacial score (nSPS) is 18.1. The van der Waals surface area contributed by atoms with Gasteiger partial charge in [0.2, 0.25) is 11.7 Å². The van der Waals surface area contributed by atoms with Crippen LogP contribution in [-0.4, -0.2) is 27.5 Å². The maximum atomic E-state index is 13.8. The number of fused-ring (bicyclic) bond motifs is 2. The second-order valence-electron chi connectivity index (χ2n) is 7.91. The minimum Gasteiger partial charge on any atom is -0.315 e. The Bertz CT molecular complexity index is 1220. The summed E-state index contributed by atoms with van der Waals surface area (Å²) in [6.45, 7) is 0. The SMILES string of the molecule is CN1C(=O)CCc2cc(-c3cncc4c3CCC[C@H]4n3cncc(F)c3=O)ccc21. The lowest BCUT2D eigenvalue weighted by Gasteiger charge is -2.29. The van der Waals surface area contributed by atoms with Gasteiger partial charge in [0.25, 0.3) is 5.56 Å². The number of hydrogen-bond acceptors (Lipinski definition) is 4. The number of amides is 1. The molecule has 0 fully saturated rings. The third kappa shape index (κ3) is 2.93. The molecule has 0 unspecified atom stereocenters. The number of carbonyl (C=O) groups is 1. The molecular weight excluding hydrogens is 383 g/mol. The van der Waals surface area contributed by atoms with Crippen molar-refractivity contribution in [3.8, 4) is 11.1 Å². The van der Waals surface area contributed by atoms with Gasteiger partial charge in [-0.3, -0.25) is 19.1 Å². The molecule has 0 saturated heterocycles. The molecule has 1 amide bonds. The minimum atomic E-state index is -0.845. The van der Waals surface area contributed by atoms with E-state index in [0.29, 0.717) is 6.42 Å². The van der Waals surface area contributed by atoms with Gasteiger partial charge in [0.1, 0.15) is 0 Å². The van der Waals surface area contributed by atoms with Crippen LogP contribution in [0.2, 0.25) is 0 Å². The van der Waals surface area contributed by atoms with E-state index in [1.54, 1.807) is 18.1 Å². The summed E-state index contributed by atoms with van der Waals surface area (Å²) < 4.78 is 15.2. The molecule has 0 saturated carbocycles. The van der Waals surface area contributed by atoms with Gasteiger partial charge in [0.15, 0.2) is 0 Å². The van der Waals surface area contributed by atoms with E-state index in [-0.39, 0.29) is 11.9 Å². The van der Waals surface area contributed by atoms with Crippen LogP contribution >= 0.6 is 0 Å². The van der Waals surface area contributed by atoms with Crippen LogP contribution in [0.1, 0.15) is 42.0 Å². The Hall–Kier alpha value is -3.35. The molecule has 7 heteroatoms. The van der Waals surface area contributed by atoms with Crippen molar-refractivity contribution in [1.82, 2.24) is 14.5 Å². The first-order valence-corrected chi connectivity index (χ1v) is 10.1. The Morgan fingerprint density at radius 3 is 2.80 bits per heavy atom. The van der Waals surface area contributed by atoms with Gasteiger partial charge in [-0.25, -0.2) is 4.98 Å². The van der Waals surface area contributed by atoms with Gasteiger partial charge in [-0.1, -0.05) is 6.07 Å². The Labute approximate surface area is 173 Å². The highest BCUT2D eigenvalue weighted by Gasteiger charge is 2.27. The average Bonchev–Trinajstić information content (AvgIpc) is 2.77. The summed E-state index contributed by atoms with van der Waals surface area (Å²) >= 11 is 0. The highest BCUT2D eigenvalue weighted by Crippen LogP contribution is 2.38. The molecule has 1 aliphatic carbocycles. The van der Waals surface area contributed by atoms with Crippen LogP contribution in [0.4, 0.5) is 10.1 Å². The van der Waals surface area contributed by atoms with Crippen molar-refractivity contribution in [3.63, 3.8) is 0 Å². The van der Waals surface area contributed by atoms with E-state index in [0.717, 1.165) is 65.4 Å². The first-order chi connectivity index (χ1) is 14.5. The van der Waals surface area contributed by atoms with Crippen LogP contribution in [0, 0.1) is 5.82 Å². The number of anilines is 1. The number of halogens is 1. The van der Waals surface area contributed by atoms with Gasteiger partial charge in [-0.15, -0.1) is 0 Å². The zero-order valence-corrected chi connectivity index (χ0v) is 16.6. The molecule has 0 spiro atoms. The molecule has 1 aliphatic heterocycles. The number of hydrogen-bond donors (Lipinski definition) is 0. The van der Waals surface area contributed by atoms with Crippen LogP contribution in [0.3, 0.4) is 0 Å². The molecule has 6 nitrogen and oxygen atoms in total. The van der Waals surface area contributed by atoms with Crippen molar-refractivity contribution in [1.29, 1.82) is 0 Å². The monoisotopic (exact) mass is 404 g/mol. The summed E-state index contributed by atoms with van der Waals surface area (Å²) in [5.74, 6) is -0.715. The highest BCUT2D eigenvalue weighted by molar-refractivity contribution is 5.96. The zero-order chi connectivity index (χ0) is 20.8. The van der Waals surface area contributed by atoms with Gasteiger partial charge in [-0.2, -0.15) is 4.39 Å². The number of carbonyl (C=O) groups excluding carboxylic acids is 1. The van der Waals surface area contributed by atoms with Crippen LogP contribution < -0.4 is 10.5 Å². The number of aromatic nitrogens is 3. The summed E-state index contributed by atoms with van der Waals surface area (Å²) in [7, 11) is 1.81. The summed E-state index contributed by atoms with van der Waals surface area (Å²) in [5.41, 5.74) is 5.59. The van der Waals surface area contributed by atoms with Gasteiger partial charge in [0.05, 0.1) is 18.6 Å². The van der Waals surface area contributed by atoms with E-state index in [1.807, 2.05) is 18.3 Å². The molecule has 3 aromatic rings. The number of pyridine rings is 1. The Balaban J connectivity index is 1.61. The predicted octanol–water partition coefficient (Wildman–Crippen LogP) is 3.28. The maximum Gasteiger partial charge on any atom is 0.289 e. The summed E-state index contributed by atoms with van der Waals surface area (Å²) in [5, 5.41) is 0. The van der Waals surface area contributed by atoms with E-state index in [2.05, 4.69) is 16.0 Å². The Morgan fingerprint density at radius 2 is 1.93 bits per heavy atom. The van der Waals surface area contributed by atoms with Crippen molar-refractivity contribution in [2.24, 2.45) is 0 Å². The maximum absolute atomic E-state index is 13.8. The molecule has 2 aliphatic rings. The summed E-state index contributed by atoms with van der Waals surface area (Å²) in [6.07, 6.45) is 9.72. The van der Waals surface area contributed by atoms with Gasteiger partial charge in [-0.05, 0) is 60.1 Å². The zero-order valence-electron chi connectivity index (χ0n) is 16.6. The lowest BCUT2D eigenvalue weighted by Crippen LogP contribution is -2.31. The molecule has 3 heterocycles. The van der Waals surface area contributed by atoms with Crippen molar-refractivity contribution < 1.29 is 9.18 Å². The lowest BCUT2D eigenvalue weighted by molar-refractivity contribution is -0.118. The molecule has 30 heavy (non-hydrogen) atoms. The van der Waals surface area contributed by atoms with Gasteiger partial charge in [0, 0.05) is 37.1 Å². The smallest absolute Gasteiger partial charge is 0.289 e. The fourth-order valence-electron chi connectivity index (χ4n) is 4.68. The molecule has 5 rings (SSSR count). The molecule has 1 aromatic carbocycles. The Morgan fingerprint density at radius 1 is 1.07 bits per heavy atom. The topological polar surface area (TPSA) is 68.1 Å². The largest absolute Gasteiger partial charge is 0.315 e. The number of rotatable bonds is 2. The second-order valence-corrected chi connectivity index (χ2v) is 7.91. The van der Waals surface area contributed by atoms with E-state index < -0.39 is 11.4 Å². The molecular formula is C23H21FN4O2. The van der Waals surface area contributed by atoms with E-state index >= 15 is 0 Å².